The summed E-state index contributed by atoms with van der Waals surface area (Å²) >= 11 is 0. The SMILES string of the molecule is O=C(Cc1cccnc1)N1CCC[C@]2(CCN(Cc3cccnc3)C2)C1. The minimum atomic E-state index is 0.239. The fourth-order valence-corrected chi connectivity index (χ4v) is 4.46. The van der Waals surface area contributed by atoms with Crippen molar-refractivity contribution in [2.24, 2.45) is 5.41 Å². The molecule has 5 heteroatoms. The summed E-state index contributed by atoms with van der Waals surface area (Å²) < 4.78 is 0. The second kappa shape index (κ2) is 7.54. The molecule has 5 nitrogen and oxygen atoms in total. The fourth-order valence-electron chi connectivity index (χ4n) is 4.46. The number of rotatable bonds is 4. The Morgan fingerprint density at radius 1 is 1.00 bits per heavy atom. The lowest BCUT2D eigenvalue weighted by molar-refractivity contribution is -0.133. The maximum Gasteiger partial charge on any atom is 0.227 e. The molecule has 136 valence electrons. The van der Waals surface area contributed by atoms with Gasteiger partial charge in [-0.15, -0.1) is 0 Å². The van der Waals surface area contributed by atoms with Gasteiger partial charge in [0.15, 0.2) is 0 Å². The van der Waals surface area contributed by atoms with E-state index in [0.29, 0.717) is 6.42 Å². The molecule has 2 fully saturated rings. The number of piperidine rings is 1. The molecule has 4 heterocycles. The van der Waals surface area contributed by atoms with Crippen molar-refractivity contribution in [2.45, 2.75) is 32.2 Å². The topological polar surface area (TPSA) is 49.3 Å². The van der Waals surface area contributed by atoms with Crippen molar-refractivity contribution in [3.05, 3.63) is 60.2 Å². The predicted molar refractivity (Wildman–Crippen MR) is 100 cm³/mol. The van der Waals surface area contributed by atoms with Crippen LogP contribution in [0.25, 0.3) is 0 Å². The van der Waals surface area contributed by atoms with E-state index in [-0.39, 0.29) is 11.3 Å². The van der Waals surface area contributed by atoms with E-state index in [0.717, 1.165) is 44.7 Å². The zero-order chi connectivity index (χ0) is 17.8. The van der Waals surface area contributed by atoms with E-state index in [1.807, 2.05) is 30.6 Å². The molecule has 1 atom stereocenters. The number of nitrogens with zero attached hydrogens (tertiary/aromatic N) is 4. The van der Waals surface area contributed by atoms with Crippen LogP contribution in [0.15, 0.2) is 49.1 Å². The van der Waals surface area contributed by atoms with Crippen molar-refractivity contribution < 1.29 is 4.79 Å². The summed E-state index contributed by atoms with van der Waals surface area (Å²) in [5.41, 5.74) is 2.54. The van der Waals surface area contributed by atoms with E-state index < -0.39 is 0 Å². The first-order chi connectivity index (χ1) is 12.7. The third kappa shape index (κ3) is 3.93. The Morgan fingerprint density at radius 3 is 2.50 bits per heavy atom. The quantitative estimate of drug-likeness (QED) is 0.850. The summed E-state index contributed by atoms with van der Waals surface area (Å²) in [6.45, 7) is 4.94. The number of carbonyl (C=O) groups excluding carboxylic acids is 1. The largest absolute Gasteiger partial charge is 0.342 e. The zero-order valence-electron chi connectivity index (χ0n) is 15.2. The molecule has 2 aliphatic heterocycles. The summed E-state index contributed by atoms with van der Waals surface area (Å²) in [4.78, 5) is 25.7. The number of carbonyl (C=O) groups is 1. The van der Waals surface area contributed by atoms with Crippen LogP contribution in [0.4, 0.5) is 0 Å². The molecule has 2 saturated heterocycles. The predicted octanol–water partition coefficient (Wildman–Crippen LogP) is 2.53. The van der Waals surface area contributed by atoms with Crippen molar-refractivity contribution in [1.29, 1.82) is 0 Å². The van der Waals surface area contributed by atoms with E-state index in [1.54, 1.807) is 12.4 Å². The van der Waals surface area contributed by atoms with Gasteiger partial charge in [-0.05, 0) is 49.1 Å². The average Bonchev–Trinajstić information content (AvgIpc) is 3.05. The van der Waals surface area contributed by atoms with Gasteiger partial charge in [-0.2, -0.15) is 0 Å². The first kappa shape index (κ1) is 17.2. The van der Waals surface area contributed by atoms with Crippen LogP contribution < -0.4 is 0 Å². The van der Waals surface area contributed by atoms with Crippen LogP contribution in [0, 0.1) is 5.41 Å². The maximum absolute atomic E-state index is 12.8. The van der Waals surface area contributed by atoms with Gasteiger partial charge >= 0.3 is 0 Å². The van der Waals surface area contributed by atoms with Gasteiger partial charge in [-0.1, -0.05) is 12.1 Å². The molecular weight excluding hydrogens is 324 g/mol. The van der Waals surface area contributed by atoms with E-state index in [1.165, 1.54) is 18.4 Å². The van der Waals surface area contributed by atoms with Crippen molar-refractivity contribution in [2.75, 3.05) is 26.2 Å². The van der Waals surface area contributed by atoms with E-state index in [4.69, 9.17) is 0 Å². The van der Waals surface area contributed by atoms with Crippen molar-refractivity contribution in [3.63, 3.8) is 0 Å². The number of likely N-dealkylation sites (tertiary alicyclic amines) is 2. The van der Waals surface area contributed by atoms with Crippen LogP contribution in [0.1, 0.15) is 30.4 Å². The number of hydrogen-bond acceptors (Lipinski definition) is 4. The Kier molecular flexibility index (Phi) is 4.98. The highest BCUT2D eigenvalue weighted by Crippen LogP contribution is 2.39. The summed E-state index contributed by atoms with van der Waals surface area (Å²) in [5.74, 6) is 0.239. The Balaban J connectivity index is 1.36. The molecule has 1 spiro atoms. The lowest BCUT2D eigenvalue weighted by atomic mass is 9.79. The molecule has 0 bridgehead atoms. The van der Waals surface area contributed by atoms with Crippen LogP contribution in [0.5, 0.6) is 0 Å². The van der Waals surface area contributed by atoms with Gasteiger partial charge in [-0.25, -0.2) is 0 Å². The highest BCUT2D eigenvalue weighted by molar-refractivity contribution is 5.78. The smallest absolute Gasteiger partial charge is 0.227 e. The minimum absolute atomic E-state index is 0.239. The van der Waals surface area contributed by atoms with Gasteiger partial charge in [0, 0.05) is 56.4 Å². The lowest BCUT2D eigenvalue weighted by Crippen LogP contribution is -2.47. The molecule has 0 radical (unpaired) electrons. The van der Waals surface area contributed by atoms with Crippen LogP contribution >= 0.6 is 0 Å². The highest BCUT2D eigenvalue weighted by atomic mass is 16.2. The lowest BCUT2D eigenvalue weighted by Gasteiger charge is -2.40. The molecule has 26 heavy (non-hydrogen) atoms. The monoisotopic (exact) mass is 350 g/mol. The first-order valence-electron chi connectivity index (χ1n) is 9.50. The molecule has 2 aromatic rings. The molecule has 0 aromatic carbocycles. The third-order valence-corrected chi connectivity index (χ3v) is 5.74. The Morgan fingerprint density at radius 2 is 1.77 bits per heavy atom. The molecule has 0 N–H and O–H groups in total. The Bertz CT molecular complexity index is 736. The van der Waals surface area contributed by atoms with Crippen LogP contribution in [-0.4, -0.2) is 51.9 Å². The van der Waals surface area contributed by atoms with Crippen molar-refractivity contribution in [1.82, 2.24) is 19.8 Å². The third-order valence-electron chi connectivity index (χ3n) is 5.74. The first-order valence-corrected chi connectivity index (χ1v) is 9.50. The van der Waals surface area contributed by atoms with Gasteiger partial charge in [-0.3, -0.25) is 19.7 Å². The van der Waals surface area contributed by atoms with Crippen LogP contribution in [0.2, 0.25) is 0 Å². The molecule has 2 aliphatic rings. The minimum Gasteiger partial charge on any atom is -0.342 e. The maximum atomic E-state index is 12.8. The Hall–Kier alpha value is -2.27. The van der Waals surface area contributed by atoms with E-state index >= 15 is 0 Å². The number of pyridine rings is 2. The van der Waals surface area contributed by atoms with E-state index in [2.05, 4.69) is 25.8 Å². The molecular formula is C21H26N4O. The fraction of sp³-hybridized carbons (Fsp3) is 0.476. The van der Waals surface area contributed by atoms with Crippen LogP contribution in [0.3, 0.4) is 0 Å². The second-order valence-electron chi connectivity index (χ2n) is 7.78. The molecule has 0 aliphatic carbocycles. The molecule has 1 amide bonds. The number of amides is 1. The molecule has 0 saturated carbocycles. The van der Waals surface area contributed by atoms with Crippen molar-refractivity contribution >= 4 is 5.91 Å². The van der Waals surface area contributed by atoms with Gasteiger partial charge in [0.05, 0.1) is 6.42 Å². The van der Waals surface area contributed by atoms with Gasteiger partial charge < -0.3 is 4.90 Å². The highest BCUT2D eigenvalue weighted by Gasteiger charge is 2.42. The van der Waals surface area contributed by atoms with Gasteiger partial charge in [0.2, 0.25) is 5.91 Å². The molecule has 4 rings (SSSR count). The average molecular weight is 350 g/mol. The second-order valence-corrected chi connectivity index (χ2v) is 7.78. The van der Waals surface area contributed by atoms with Gasteiger partial charge in [0.1, 0.15) is 0 Å². The van der Waals surface area contributed by atoms with E-state index in [9.17, 15) is 4.79 Å². The molecule has 2 aromatic heterocycles. The normalized spacial score (nSPS) is 23.5. The summed E-state index contributed by atoms with van der Waals surface area (Å²) in [6, 6.07) is 8.02. The summed E-state index contributed by atoms with van der Waals surface area (Å²) in [6.07, 6.45) is 11.3. The Labute approximate surface area is 155 Å². The summed E-state index contributed by atoms with van der Waals surface area (Å²) in [7, 11) is 0. The van der Waals surface area contributed by atoms with Gasteiger partial charge in [0.25, 0.3) is 0 Å². The van der Waals surface area contributed by atoms with Crippen molar-refractivity contribution in [3.8, 4) is 0 Å². The van der Waals surface area contributed by atoms with Crippen LogP contribution in [-0.2, 0) is 17.8 Å². The number of hydrogen-bond donors (Lipinski definition) is 0. The number of aromatic nitrogens is 2. The zero-order valence-corrected chi connectivity index (χ0v) is 15.2. The standard InChI is InChI=1S/C21H26N4O/c26-20(12-18-4-1-8-22-13-18)25-10-3-6-21(17-25)7-11-24(16-21)15-19-5-2-9-23-14-19/h1-2,4-5,8-9,13-14H,3,6-7,10-12,15-17H2/t21-/m1/s1. The molecule has 0 unspecified atom stereocenters. The summed E-state index contributed by atoms with van der Waals surface area (Å²) in [5, 5.41) is 0.